The molecule has 19 heavy (non-hydrogen) atoms. The molecule has 0 spiro atoms. The quantitative estimate of drug-likeness (QED) is 0.783. The largest absolute Gasteiger partial charge is 0.329 e. The van der Waals surface area contributed by atoms with Gasteiger partial charge in [0.1, 0.15) is 0 Å². The SMILES string of the molecule is CCC(CC)N(CC(C)C)C(CN)c1cccnc1. The van der Waals surface area contributed by atoms with Crippen LogP contribution < -0.4 is 5.73 Å². The molecule has 1 rings (SSSR count). The lowest BCUT2D eigenvalue weighted by Crippen LogP contribution is -2.43. The van der Waals surface area contributed by atoms with E-state index in [0.29, 0.717) is 18.5 Å². The minimum absolute atomic E-state index is 0.279. The molecule has 0 fully saturated rings. The minimum Gasteiger partial charge on any atom is -0.329 e. The Morgan fingerprint density at radius 1 is 1.26 bits per heavy atom. The molecule has 2 N–H and O–H groups in total. The van der Waals surface area contributed by atoms with Gasteiger partial charge in [0, 0.05) is 37.6 Å². The van der Waals surface area contributed by atoms with E-state index in [2.05, 4.69) is 43.6 Å². The van der Waals surface area contributed by atoms with E-state index in [1.165, 1.54) is 18.4 Å². The van der Waals surface area contributed by atoms with Crippen molar-refractivity contribution in [1.82, 2.24) is 9.88 Å². The first-order chi connectivity index (χ1) is 9.13. The predicted octanol–water partition coefficient (Wildman–Crippen LogP) is 3.23. The van der Waals surface area contributed by atoms with Gasteiger partial charge >= 0.3 is 0 Å². The van der Waals surface area contributed by atoms with Crippen LogP contribution in [0.2, 0.25) is 0 Å². The molecule has 0 aliphatic heterocycles. The summed E-state index contributed by atoms with van der Waals surface area (Å²) in [6.45, 7) is 10.8. The molecule has 0 bridgehead atoms. The third-order valence-corrected chi connectivity index (χ3v) is 3.68. The smallest absolute Gasteiger partial charge is 0.0488 e. The van der Waals surface area contributed by atoms with Gasteiger partial charge in [-0.3, -0.25) is 9.88 Å². The molecule has 1 aromatic rings. The molecule has 0 aromatic carbocycles. The maximum Gasteiger partial charge on any atom is 0.0488 e. The van der Waals surface area contributed by atoms with Gasteiger partial charge in [0.25, 0.3) is 0 Å². The number of rotatable bonds is 8. The Morgan fingerprint density at radius 3 is 2.37 bits per heavy atom. The van der Waals surface area contributed by atoms with E-state index < -0.39 is 0 Å². The summed E-state index contributed by atoms with van der Waals surface area (Å²) in [6, 6.07) is 5.01. The third-order valence-electron chi connectivity index (χ3n) is 3.68. The van der Waals surface area contributed by atoms with Crippen LogP contribution in [0.5, 0.6) is 0 Å². The Morgan fingerprint density at radius 2 is 1.95 bits per heavy atom. The van der Waals surface area contributed by atoms with Crippen LogP contribution in [0.15, 0.2) is 24.5 Å². The van der Waals surface area contributed by atoms with Crippen LogP contribution in [-0.2, 0) is 0 Å². The first kappa shape index (κ1) is 16.1. The second-order valence-electron chi connectivity index (χ2n) is 5.60. The summed E-state index contributed by atoms with van der Waals surface area (Å²) in [7, 11) is 0. The Kier molecular flexibility index (Phi) is 7.03. The van der Waals surface area contributed by atoms with Gasteiger partial charge in [-0.2, -0.15) is 0 Å². The third kappa shape index (κ3) is 4.59. The summed E-state index contributed by atoms with van der Waals surface area (Å²) in [4.78, 5) is 6.81. The van der Waals surface area contributed by atoms with E-state index >= 15 is 0 Å². The van der Waals surface area contributed by atoms with Gasteiger partial charge in [0.15, 0.2) is 0 Å². The molecule has 0 aliphatic carbocycles. The second-order valence-corrected chi connectivity index (χ2v) is 5.60. The Labute approximate surface area is 118 Å². The lowest BCUT2D eigenvalue weighted by molar-refractivity contribution is 0.112. The molecule has 1 heterocycles. The topological polar surface area (TPSA) is 42.1 Å². The van der Waals surface area contributed by atoms with Crippen molar-refractivity contribution in [1.29, 1.82) is 0 Å². The van der Waals surface area contributed by atoms with E-state index in [1.54, 1.807) is 0 Å². The van der Waals surface area contributed by atoms with E-state index in [-0.39, 0.29) is 6.04 Å². The van der Waals surface area contributed by atoms with Crippen molar-refractivity contribution in [2.75, 3.05) is 13.1 Å². The van der Waals surface area contributed by atoms with Gasteiger partial charge in [0.05, 0.1) is 0 Å². The first-order valence-electron chi connectivity index (χ1n) is 7.49. The van der Waals surface area contributed by atoms with Crippen molar-refractivity contribution in [2.45, 2.75) is 52.6 Å². The van der Waals surface area contributed by atoms with Crippen LogP contribution in [-0.4, -0.2) is 29.0 Å². The average molecular weight is 263 g/mol. The molecule has 1 unspecified atom stereocenters. The first-order valence-corrected chi connectivity index (χ1v) is 7.49. The molecule has 0 aliphatic rings. The Balaban J connectivity index is 2.98. The molecule has 3 heteroatoms. The van der Waals surface area contributed by atoms with Crippen LogP contribution in [0.1, 0.15) is 52.1 Å². The summed E-state index contributed by atoms with van der Waals surface area (Å²) in [5.74, 6) is 0.645. The lowest BCUT2D eigenvalue weighted by atomic mass is 10.00. The molecule has 0 radical (unpaired) electrons. The number of nitrogens with two attached hydrogens (primary N) is 1. The Bertz CT molecular complexity index is 333. The number of hydrogen-bond donors (Lipinski definition) is 1. The molecular formula is C16H29N3. The number of hydrogen-bond acceptors (Lipinski definition) is 3. The lowest BCUT2D eigenvalue weighted by Gasteiger charge is -2.38. The van der Waals surface area contributed by atoms with Crippen molar-refractivity contribution < 1.29 is 0 Å². The normalized spacial score (nSPS) is 13.5. The van der Waals surface area contributed by atoms with Crippen molar-refractivity contribution >= 4 is 0 Å². The highest BCUT2D eigenvalue weighted by molar-refractivity contribution is 5.15. The van der Waals surface area contributed by atoms with Gasteiger partial charge in [0.2, 0.25) is 0 Å². The van der Waals surface area contributed by atoms with Gasteiger partial charge in [-0.05, 0) is 30.4 Å². The van der Waals surface area contributed by atoms with Crippen LogP contribution in [0.25, 0.3) is 0 Å². The molecule has 108 valence electrons. The van der Waals surface area contributed by atoms with E-state index in [0.717, 1.165) is 6.54 Å². The fraction of sp³-hybridized carbons (Fsp3) is 0.688. The summed E-state index contributed by atoms with van der Waals surface area (Å²) in [5.41, 5.74) is 7.29. The number of pyridine rings is 1. The molecular weight excluding hydrogens is 234 g/mol. The van der Waals surface area contributed by atoms with Crippen LogP contribution in [0.3, 0.4) is 0 Å². The average Bonchev–Trinajstić information content (AvgIpc) is 2.41. The fourth-order valence-electron chi connectivity index (χ4n) is 2.75. The molecule has 0 saturated carbocycles. The summed E-state index contributed by atoms with van der Waals surface area (Å²) < 4.78 is 0. The summed E-state index contributed by atoms with van der Waals surface area (Å²) in [6.07, 6.45) is 6.11. The fourth-order valence-corrected chi connectivity index (χ4v) is 2.75. The van der Waals surface area contributed by atoms with Crippen LogP contribution in [0, 0.1) is 5.92 Å². The summed E-state index contributed by atoms with van der Waals surface area (Å²) >= 11 is 0. The maximum atomic E-state index is 6.06. The minimum atomic E-state index is 0.279. The molecule has 0 amide bonds. The van der Waals surface area contributed by atoms with Crippen molar-refractivity contribution in [2.24, 2.45) is 11.7 Å². The Hall–Kier alpha value is -0.930. The molecule has 1 aromatic heterocycles. The van der Waals surface area contributed by atoms with E-state index in [9.17, 15) is 0 Å². The summed E-state index contributed by atoms with van der Waals surface area (Å²) in [5, 5.41) is 0. The van der Waals surface area contributed by atoms with E-state index in [4.69, 9.17) is 5.73 Å². The zero-order valence-electron chi connectivity index (χ0n) is 12.8. The molecule has 3 nitrogen and oxygen atoms in total. The van der Waals surface area contributed by atoms with Crippen LogP contribution in [0.4, 0.5) is 0 Å². The highest BCUT2D eigenvalue weighted by atomic mass is 15.2. The number of nitrogens with zero attached hydrogens (tertiary/aromatic N) is 2. The van der Waals surface area contributed by atoms with Crippen molar-refractivity contribution in [3.8, 4) is 0 Å². The highest BCUT2D eigenvalue weighted by Crippen LogP contribution is 2.25. The van der Waals surface area contributed by atoms with Crippen molar-refractivity contribution in [3.05, 3.63) is 30.1 Å². The zero-order valence-corrected chi connectivity index (χ0v) is 12.8. The number of aromatic nitrogens is 1. The predicted molar refractivity (Wildman–Crippen MR) is 81.9 cm³/mol. The van der Waals surface area contributed by atoms with Gasteiger partial charge in [-0.25, -0.2) is 0 Å². The maximum absolute atomic E-state index is 6.06. The molecule has 1 atom stereocenters. The van der Waals surface area contributed by atoms with Gasteiger partial charge < -0.3 is 5.73 Å². The van der Waals surface area contributed by atoms with Gasteiger partial charge in [-0.15, -0.1) is 0 Å². The van der Waals surface area contributed by atoms with Gasteiger partial charge in [-0.1, -0.05) is 33.8 Å². The standard InChI is InChI=1S/C16H29N3/c1-5-15(6-2)19(12-13(3)4)16(10-17)14-8-7-9-18-11-14/h7-9,11,13,15-16H,5-6,10,12,17H2,1-4H3. The second kappa shape index (κ2) is 8.28. The van der Waals surface area contributed by atoms with Crippen LogP contribution >= 0.6 is 0 Å². The van der Waals surface area contributed by atoms with Crippen molar-refractivity contribution in [3.63, 3.8) is 0 Å². The molecule has 0 saturated heterocycles. The van der Waals surface area contributed by atoms with E-state index in [1.807, 2.05) is 18.5 Å². The monoisotopic (exact) mass is 263 g/mol. The highest BCUT2D eigenvalue weighted by Gasteiger charge is 2.25. The zero-order chi connectivity index (χ0) is 14.3.